The van der Waals surface area contributed by atoms with Crippen molar-refractivity contribution in [2.45, 2.75) is 27.3 Å². The molecule has 1 amide bonds. The first-order valence-corrected chi connectivity index (χ1v) is 9.43. The first-order valence-electron chi connectivity index (χ1n) is 8.61. The van der Waals surface area contributed by atoms with E-state index in [1.807, 2.05) is 55.8 Å². The normalized spacial score (nSPS) is 11.1. The summed E-state index contributed by atoms with van der Waals surface area (Å²) in [5.41, 5.74) is 3.71. The quantitative estimate of drug-likeness (QED) is 0.581. The second kappa shape index (κ2) is 6.92. The van der Waals surface area contributed by atoms with Crippen LogP contribution in [0.25, 0.3) is 10.2 Å². The Balaban J connectivity index is 1.60. The van der Waals surface area contributed by atoms with E-state index in [4.69, 9.17) is 0 Å². The van der Waals surface area contributed by atoms with E-state index in [0.29, 0.717) is 11.4 Å². The summed E-state index contributed by atoms with van der Waals surface area (Å²) in [7, 11) is 0. The lowest BCUT2D eigenvalue weighted by Gasteiger charge is -2.08. The number of imidazole rings is 1. The Hall–Kier alpha value is -3.06. The third-order valence-electron chi connectivity index (χ3n) is 4.40. The molecular formula is C20H19N5OS. The number of aryl methyl sites for hydroxylation is 3. The molecule has 0 aliphatic rings. The van der Waals surface area contributed by atoms with Crippen LogP contribution >= 0.6 is 11.3 Å². The predicted octanol–water partition coefficient (Wildman–Crippen LogP) is 4.11. The van der Waals surface area contributed by atoms with Crippen LogP contribution in [0.15, 0.2) is 43.0 Å². The summed E-state index contributed by atoms with van der Waals surface area (Å²) in [6.45, 7) is 6.49. The summed E-state index contributed by atoms with van der Waals surface area (Å²) in [5, 5.41) is 3.99. The van der Waals surface area contributed by atoms with Crippen LogP contribution in [0.5, 0.6) is 0 Å². The van der Waals surface area contributed by atoms with Crippen LogP contribution in [-0.2, 0) is 6.54 Å². The van der Waals surface area contributed by atoms with E-state index >= 15 is 0 Å². The summed E-state index contributed by atoms with van der Waals surface area (Å²) in [6, 6.07) is 7.85. The SMILES string of the molecule is Cc1nc(C)c2c(C)c(C(=O)Nc3cccc(Cn4ccnc4)c3)sc2n1. The van der Waals surface area contributed by atoms with Crippen molar-refractivity contribution in [2.24, 2.45) is 0 Å². The van der Waals surface area contributed by atoms with Gasteiger partial charge in [-0.15, -0.1) is 11.3 Å². The molecule has 0 aliphatic heterocycles. The van der Waals surface area contributed by atoms with Crippen molar-refractivity contribution in [1.82, 2.24) is 19.5 Å². The standard InChI is InChI=1S/C20H19N5OS/c1-12-17-13(2)22-14(3)23-20(17)27-18(12)19(26)24-16-6-4-5-15(9-16)10-25-8-7-21-11-25/h4-9,11H,10H2,1-3H3,(H,24,26). The van der Waals surface area contributed by atoms with E-state index in [2.05, 4.69) is 20.3 Å². The van der Waals surface area contributed by atoms with Gasteiger partial charge in [-0.2, -0.15) is 0 Å². The molecule has 1 N–H and O–H groups in total. The van der Waals surface area contributed by atoms with E-state index < -0.39 is 0 Å². The lowest BCUT2D eigenvalue weighted by molar-refractivity contribution is 0.103. The Morgan fingerprint density at radius 3 is 2.85 bits per heavy atom. The highest BCUT2D eigenvalue weighted by Crippen LogP contribution is 2.31. The van der Waals surface area contributed by atoms with Gasteiger partial charge in [0, 0.05) is 35.7 Å². The van der Waals surface area contributed by atoms with Gasteiger partial charge in [0.1, 0.15) is 10.7 Å². The number of hydrogen-bond acceptors (Lipinski definition) is 5. The topological polar surface area (TPSA) is 72.7 Å². The zero-order valence-corrected chi connectivity index (χ0v) is 16.2. The number of carbonyl (C=O) groups excluding carboxylic acids is 1. The molecule has 4 rings (SSSR count). The van der Waals surface area contributed by atoms with Crippen molar-refractivity contribution in [3.05, 3.63) is 70.5 Å². The number of fused-ring (bicyclic) bond motifs is 1. The number of carbonyl (C=O) groups is 1. The third-order valence-corrected chi connectivity index (χ3v) is 5.58. The third kappa shape index (κ3) is 3.46. The maximum atomic E-state index is 12.9. The minimum Gasteiger partial charge on any atom is -0.333 e. The zero-order valence-electron chi connectivity index (χ0n) is 15.4. The largest absolute Gasteiger partial charge is 0.333 e. The number of nitrogens with zero attached hydrogens (tertiary/aromatic N) is 4. The van der Waals surface area contributed by atoms with E-state index in [9.17, 15) is 4.79 Å². The number of nitrogens with one attached hydrogen (secondary N) is 1. The average Bonchev–Trinajstić information content (AvgIpc) is 3.23. The molecule has 1 aromatic carbocycles. The van der Waals surface area contributed by atoms with Crippen molar-refractivity contribution in [3.63, 3.8) is 0 Å². The molecular weight excluding hydrogens is 358 g/mol. The number of amides is 1. The van der Waals surface area contributed by atoms with E-state index in [0.717, 1.165) is 38.5 Å². The number of thiophene rings is 1. The van der Waals surface area contributed by atoms with Gasteiger partial charge in [-0.05, 0) is 44.0 Å². The molecule has 0 atom stereocenters. The van der Waals surface area contributed by atoms with Crippen LogP contribution in [0.1, 0.15) is 32.3 Å². The van der Waals surface area contributed by atoms with Crippen molar-refractivity contribution in [3.8, 4) is 0 Å². The van der Waals surface area contributed by atoms with Crippen molar-refractivity contribution < 1.29 is 4.79 Å². The molecule has 7 heteroatoms. The maximum absolute atomic E-state index is 12.9. The van der Waals surface area contributed by atoms with Crippen molar-refractivity contribution in [1.29, 1.82) is 0 Å². The first kappa shape index (κ1) is 17.4. The molecule has 0 saturated heterocycles. The Morgan fingerprint density at radius 1 is 1.22 bits per heavy atom. The van der Waals surface area contributed by atoms with Crippen LogP contribution in [-0.4, -0.2) is 25.4 Å². The Bertz CT molecular complexity index is 1130. The van der Waals surface area contributed by atoms with Gasteiger partial charge in [0.15, 0.2) is 0 Å². The summed E-state index contributed by atoms with van der Waals surface area (Å²) in [4.78, 5) is 27.4. The Morgan fingerprint density at radius 2 is 2.07 bits per heavy atom. The monoisotopic (exact) mass is 377 g/mol. The maximum Gasteiger partial charge on any atom is 0.266 e. The highest BCUT2D eigenvalue weighted by molar-refractivity contribution is 7.20. The van der Waals surface area contributed by atoms with Gasteiger partial charge in [-0.3, -0.25) is 4.79 Å². The molecule has 0 spiro atoms. The average molecular weight is 377 g/mol. The fourth-order valence-electron chi connectivity index (χ4n) is 3.22. The molecule has 3 heterocycles. The molecule has 0 saturated carbocycles. The van der Waals surface area contributed by atoms with Gasteiger partial charge in [0.25, 0.3) is 5.91 Å². The van der Waals surface area contributed by atoms with E-state index in [1.165, 1.54) is 11.3 Å². The lowest BCUT2D eigenvalue weighted by Crippen LogP contribution is -2.11. The number of benzene rings is 1. The minimum atomic E-state index is -0.118. The molecule has 0 radical (unpaired) electrons. The van der Waals surface area contributed by atoms with E-state index in [1.54, 1.807) is 12.5 Å². The van der Waals surface area contributed by atoms with Crippen LogP contribution in [0.3, 0.4) is 0 Å². The van der Waals surface area contributed by atoms with Gasteiger partial charge in [0.05, 0.1) is 11.2 Å². The minimum absolute atomic E-state index is 0.118. The smallest absolute Gasteiger partial charge is 0.266 e. The highest BCUT2D eigenvalue weighted by atomic mass is 32.1. The van der Waals surface area contributed by atoms with Crippen LogP contribution in [0, 0.1) is 20.8 Å². The fourth-order valence-corrected chi connectivity index (χ4v) is 4.39. The van der Waals surface area contributed by atoms with E-state index in [-0.39, 0.29) is 5.91 Å². The molecule has 27 heavy (non-hydrogen) atoms. The lowest BCUT2D eigenvalue weighted by atomic mass is 10.1. The van der Waals surface area contributed by atoms with Crippen LogP contribution in [0.4, 0.5) is 5.69 Å². The number of hydrogen-bond donors (Lipinski definition) is 1. The number of aromatic nitrogens is 4. The first-order chi connectivity index (χ1) is 13.0. The molecule has 6 nitrogen and oxygen atoms in total. The van der Waals surface area contributed by atoms with Gasteiger partial charge in [-0.25, -0.2) is 15.0 Å². The molecule has 0 unspecified atom stereocenters. The molecule has 136 valence electrons. The fraction of sp³-hybridized carbons (Fsp3) is 0.200. The molecule has 0 bridgehead atoms. The van der Waals surface area contributed by atoms with Gasteiger partial charge < -0.3 is 9.88 Å². The second-order valence-electron chi connectivity index (χ2n) is 6.48. The second-order valence-corrected chi connectivity index (χ2v) is 7.48. The molecule has 0 fully saturated rings. The van der Waals surface area contributed by atoms with Crippen LogP contribution < -0.4 is 5.32 Å². The summed E-state index contributed by atoms with van der Waals surface area (Å²) < 4.78 is 1.99. The summed E-state index contributed by atoms with van der Waals surface area (Å²) in [5.74, 6) is 0.604. The molecule has 3 aromatic heterocycles. The Labute approximate surface area is 160 Å². The summed E-state index contributed by atoms with van der Waals surface area (Å²) >= 11 is 1.41. The number of anilines is 1. The van der Waals surface area contributed by atoms with Crippen LogP contribution in [0.2, 0.25) is 0 Å². The molecule has 0 aliphatic carbocycles. The van der Waals surface area contributed by atoms with Gasteiger partial charge in [-0.1, -0.05) is 12.1 Å². The van der Waals surface area contributed by atoms with Gasteiger partial charge >= 0.3 is 0 Å². The van der Waals surface area contributed by atoms with Crippen molar-refractivity contribution >= 4 is 33.1 Å². The molecule has 4 aromatic rings. The van der Waals surface area contributed by atoms with Gasteiger partial charge in [0.2, 0.25) is 0 Å². The highest BCUT2D eigenvalue weighted by Gasteiger charge is 2.18. The predicted molar refractivity (Wildman–Crippen MR) is 107 cm³/mol. The summed E-state index contributed by atoms with van der Waals surface area (Å²) in [6.07, 6.45) is 5.44. The van der Waals surface area contributed by atoms with Crippen molar-refractivity contribution in [2.75, 3.05) is 5.32 Å². The Kier molecular flexibility index (Phi) is 4.45. The zero-order chi connectivity index (χ0) is 19.0. The number of rotatable bonds is 4.